The maximum absolute atomic E-state index is 2.30. The van der Waals surface area contributed by atoms with E-state index in [-0.39, 0.29) is 0 Å². The van der Waals surface area contributed by atoms with Gasteiger partial charge < -0.3 is 0 Å². The Morgan fingerprint density at radius 3 is 2.35 bits per heavy atom. The van der Waals surface area contributed by atoms with Gasteiger partial charge >= 0.3 is 0 Å². The first kappa shape index (κ1) is 12.5. The third-order valence-electron chi connectivity index (χ3n) is 4.68. The van der Waals surface area contributed by atoms with Crippen LogP contribution in [-0.2, 0) is 0 Å². The van der Waals surface area contributed by atoms with Crippen LogP contribution in [0.25, 0.3) is 43.1 Å². The molecule has 0 aliphatic rings. The Balaban J connectivity index is 2.19. The summed E-state index contributed by atoms with van der Waals surface area (Å²) < 4.78 is 0. The molecule has 5 aromatic carbocycles. The van der Waals surface area contributed by atoms with Crippen LogP contribution in [0.15, 0.2) is 91.0 Å². The van der Waals surface area contributed by atoms with Crippen molar-refractivity contribution in [2.24, 2.45) is 0 Å². The van der Waals surface area contributed by atoms with Crippen molar-refractivity contribution in [3.63, 3.8) is 0 Å². The summed E-state index contributed by atoms with van der Waals surface area (Å²) >= 11 is 0. The molecule has 0 heterocycles. The zero-order valence-electron chi connectivity index (χ0n) is 12.7. The molecule has 0 aromatic heterocycles. The Morgan fingerprint density at radius 1 is 0.565 bits per heavy atom. The smallest absolute Gasteiger partial charge is 0.0622 e. The van der Waals surface area contributed by atoms with Gasteiger partial charge in [-0.05, 0) is 53.9 Å². The van der Waals surface area contributed by atoms with E-state index in [9.17, 15) is 0 Å². The summed E-state index contributed by atoms with van der Waals surface area (Å²) in [5, 5.41) is 10.6. The summed E-state index contributed by atoms with van der Waals surface area (Å²) in [5.41, 5.74) is 0. The third kappa shape index (κ3) is 1.82. The quantitative estimate of drug-likeness (QED) is 0.283. The molecule has 0 heteroatoms. The van der Waals surface area contributed by atoms with Crippen LogP contribution in [0.4, 0.5) is 0 Å². The first-order chi connectivity index (χ1) is 11.4. The summed E-state index contributed by atoms with van der Waals surface area (Å²) in [6, 6.07) is 32.8. The highest BCUT2D eigenvalue weighted by molar-refractivity contribution is 6.29. The van der Waals surface area contributed by atoms with Crippen molar-refractivity contribution in [2.45, 2.75) is 0 Å². The van der Waals surface area contributed by atoms with E-state index in [1.54, 1.807) is 0 Å². The Bertz CT molecular complexity index is 1110. The van der Waals surface area contributed by atoms with Gasteiger partial charge in [0.2, 0.25) is 0 Å². The SMILES string of the molecule is c1ccc2cc3cccc4cc5ccccc[c+]5c4c3c2cc1. The lowest BCUT2D eigenvalue weighted by Gasteiger charge is -1.86. The van der Waals surface area contributed by atoms with Crippen LogP contribution in [-0.4, -0.2) is 0 Å². The Morgan fingerprint density at radius 2 is 1.35 bits per heavy atom. The molecule has 0 amide bonds. The van der Waals surface area contributed by atoms with Crippen molar-refractivity contribution in [3.8, 4) is 0 Å². The second kappa shape index (κ2) is 4.76. The van der Waals surface area contributed by atoms with Gasteiger partial charge in [-0.3, -0.25) is 0 Å². The molecular weight excluding hydrogens is 276 g/mol. The van der Waals surface area contributed by atoms with Gasteiger partial charge in [-0.1, -0.05) is 30.3 Å². The van der Waals surface area contributed by atoms with Crippen LogP contribution >= 0.6 is 0 Å². The standard InChI is InChI=1S/C23H15/c1-3-8-16-14-18-10-7-11-19-15-17-9-4-2-6-13-21(17)23(19)22(18)20(16)12-5-1/h1-15H/q+1. The fourth-order valence-electron chi connectivity index (χ4n) is 3.70. The molecule has 0 atom stereocenters. The summed E-state index contributed by atoms with van der Waals surface area (Å²) in [7, 11) is 0. The zero-order valence-corrected chi connectivity index (χ0v) is 12.7. The van der Waals surface area contributed by atoms with Gasteiger partial charge in [0.1, 0.15) is 0 Å². The minimum absolute atomic E-state index is 1.30. The van der Waals surface area contributed by atoms with Gasteiger partial charge in [0, 0.05) is 22.9 Å². The van der Waals surface area contributed by atoms with Gasteiger partial charge in [0.15, 0.2) is 0 Å². The van der Waals surface area contributed by atoms with Gasteiger partial charge in [-0.25, -0.2) is 0 Å². The van der Waals surface area contributed by atoms with Gasteiger partial charge in [0.05, 0.1) is 26.9 Å². The first-order valence-corrected chi connectivity index (χ1v) is 7.97. The number of hydrogen-bond acceptors (Lipinski definition) is 0. The average molecular weight is 291 g/mol. The molecule has 5 aromatic rings. The average Bonchev–Trinajstić information content (AvgIpc) is 2.82. The molecule has 23 heavy (non-hydrogen) atoms. The molecule has 0 spiro atoms. The zero-order chi connectivity index (χ0) is 15.2. The minimum Gasteiger partial charge on any atom is -0.0622 e. The van der Waals surface area contributed by atoms with Crippen LogP contribution in [0, 0.1) is 0 Å². The second-order valence-electron chi connectivity index (χ2n) is 6.03. The maximum Gasteiger partial charge on any atom is 0.0869 e. The highest BCUT2D eigenvalue weighted by atomic mass is 14.1. The highest BCUT2D eigenvalue weighted by Gasteiger charge is 2.15. The fraction of sp³-hybridized carbons (Fsp3) is 0. The molecular formula is C23H15+. The van der Waals surface area contributed by atoms with E-state index in [2.05, 4.69) is 91.0 Å². The molecule has 0 fully saturated rings. The third-order valence-corrected chi connectivity index (χ3v) is 4.68. The van der Waals surface area contributed by atoms with Crippen LogP contribution in [0.1, 0.15) is 0 Å². The maximum atomic E-state index is 2.30. The predicted octanol–water partition coefficient (Wildman–Crippen LogP) is 6.58. The summed E-state index contributed by atoms with van der Waals surface area (Å²) in [4.78, 5) is 0. The van der Waals surface area contributed by atoms with Crippen LogP contribution in [0.5, 0.6) is 0 Å². The van der Waals surface area contributed by atoms with E-state index in [1.807, 2.05) is 0 Å². The molecule has 0 aliphatic carbocycles. The lowest BCUT2D eigenvalue weighted by Crippen LogP contribution is -1.63. The number of hydrogen-bond donors (Lipinski definition) is 0. The molecule has 106 valence electrons. The second-order valence-corrected chi connectivity index (χ2v) is 6.03. The lowest BCUT2D eigenvalue weighted by atomic mass is 10.1. The molecule has 0 aliphatic heterocycles. The van der Waals surface area contributed by atoms with Crippen molar-refractivity contribution >= 4 is 43.1 Å². The van der Waals surface area contributed by atoms with Gasteiger partial charge in [-0.15, -0.1) is 0 Å². The minimum atomic E-state index is 1.30. The van der Waals surface area contributed by atoms with E-state index in [0.29, 0.717) is 0 Å². The Hall–Kier alpha value is -2.99. The van der Waals surface area contributed by atoms with Gasteiger partial charge in [0.25, 0.3) is 0 Å². The first-order valence-electron chi connectivity index (χ1n) is 7.97. The van der Waals surface area contributed by atoms with Crippen molar-refractivity contribution < 1.29 is 0 Å². The summed E-state index contributed by atoms with van der Waals surface area (Å²) in [5.74, 6) is 0. The van der Waals surface area contributed by atoms with Crippen molar-refractivity contribution in [2.75, 3.05) is 0 Å². The topological polar surface area (TPSA) is 0 Å². The number of rotatable bonds is 0. The predicted molar refractivity (Wildman–Crippen MR) is 101 cm³/mol. The fourth-order valence-corrected chi connectivity index (χ4v) is 3.70. The Kier molecular flexibility index (Phi) is 2.59. The monoisotopic (exact) mass is 291 g/mol. The van der Waals surface area contributed by atoms with Crippen LogP contribution in [0.2, 0.25) is 0 Å². The molecule has 0 saturated heterocycles. The summed E-state index contributed by atoms with van der Waals surface area (Å²) in [6.45, 7) is 0. The Labute approximate surface area is 134 Å². The van der Waals surface area contributed by atoms with E-state index < -0.39 is 0 Å². The highest BCUT2D eigenvalue weighted by Crippen LogP contribution is 2.37. The van der Waals surface area contributed by atoms with Crippen LogP contribution < -0.4 is 0 Å². The molecule has 0 bridgehead atoms. The van der Waals surface area contributed by atoms with Gasteiger partial charge in [-0.2, -0.15) is 0 Å². The molecule has 0 radical (unpaired) electrons. The van der Waals surface area contributed by atoms with Crippen molar-refractivity contribution in [3.05, 3.63) is 91.0 Å². The van der Waals surface area contributed by atoms with E-state index in [4.69, 9.17) is 0 Å². The normalized spacial score (nSPS) is 11.5. The van der Waals surface area contributed by atoms with Crippen molar-refractivity contribution in [1.29, 1.82) is 0 Å². The van der Waals surface area contributed by atoms with E-state index in [0.717, 1.165) is 0 Å². The van der Waals surface area contributed by atoms with Crippen molar-refractivity contribution in [1.82, 2.24) is 0 Å². The van der Waals surface area contributed by atoms with E-state index >= 15 is 0 Å². The molecule has 0 unspecified atom stereocenters. The lowest BCUT2D eigenvalue weighted by molar-refractivity contribution is 1.88. The van der Waals surface area contributed by atoms with E-state index in [1.165, 1.54) is 43.1 Å². The number of fused-ring (bicyclic) bond motifs is 7. The van der Waals surface area contributed by atoms with Crippen LogP contribution in [0.3, 0.4) is 0 Å². The molecule has 0 N–H and O–H groups in total. The summed E-state index contributed by atoms with van der Waals surface area (Å²) in [6.07, 6.45) is 0. The largest absolute Gasteiger partial charge is 0.0869 e. The molecule has 0 saturated carbocycles. The molecule has 0 nitrogen and oxygen atoms in total. The molecule has 5 rings (SSSR count).